The summed E-state index contributed by atoms with van der Waals surface area (Å²) in [6, 6.07) is 3.58. The highest BCUT2D eigenvalue weighted by Crippen LogP contribution is 2.33. The molecule has 0 spiro atoms. The quantitative estimate of drug-likeness (QED) is 0.611. The zero-order chi connectivity index (χ0) is 11.4. The molecule has 5 heteroatoms. The van der Waals surface area contributed by atoms with Crippen LogP contribution in [-0.2, 0) is 4.79 Å². The lowest BCUT2D eigenvalue weighted by atomic mass is 10.4. The molecule has 0 N–H and O–H groups in total. The van der Waals surface area contributed by atoms with Gasteiger partial charge in [0, 0.05) is 11.8 Å². The van der Waals surface area contributed by atoms with Crippen molar-refractivity contribution in [1.29, 1.82) is 0 Å². The average molecular weight is 251 g/mol. The van der Waals surface area contributed by atoms with E-state index in [1.165, 1.54) is 23.5 Å². The fraction of sp³-hybridized carbons (Fsp3) is 0.0909. The van der Waals surface area contributed by atoms with Crippen LogP contribution in [0.4, 0.5) is 0 Å². The Morgan fingerprint density at radius 1 is 1.62 bits per heavy atom. The van der Waals surface area contributed by atoms with Gasteiger partial charge in [-0.1, -0.05) is 29.6 Å². The first-order valence-electron chi connectivity index (χ1n) is 4.59. The molecule has 2 heterocycles. The third-order valence-electron chi connectivity index (χ3n) is 1.74. The van der Waals surface area contributed by atoms with Crippen molar-refractivity contribution in [2.45, 2.75) is 0 Å². The Labute approximate surface area is 102 Å². The molecular weight excluding hydrogens is 242 g/mol. The first kappa shape index (κ1) is 11.3. The predicted molar refractivity (Wildman–Crippen MR) is 69.4 cm³/mol. The van der Waals surface area contributed by atoms with Crippen LogP contribution in [0.25, 0.3) is 6.08 Å². The largest absolute Gasteiger partial charge is 0.465 e. The molecule has 0 atom stereocenters. The summed E-state index contributed by atoms with van der Waals surface area (Å²) in [5.41, 5.74) is 0. The van der Waals surface area contributed by atoms with Gasteiger partial charge in [0.1, 0.15) is 10.1 Å². The Morgan fingerprint density at radius 3 is 3.19 bits per heavy atom. The molecule has 0 unspecified atom stereocenters. The van der Waals surface area contributed by atoms with E-state index >= 15 is 0 Å². The van der Waals surface area contributed by atoms with Crippen LogP contribution < -0.4 is 0 Å². The topological polar surface area (TPSA) is 42.6 Å². The zero-order valence-electron chi connectivity index (χ0n) is 8.38. The number of thioether (sulfide) groups is 2. The van der Waals surface area contributed by atoms with Crippen molar-refractivity contribution in [1.82, 2.24) is 0 Å². The SMILES string of the molecule is C=CCSC1=NC(=O)/C(=C/c2ccco2)S1. The number of carbonyl (C=O) groups is 1. The molecule has 2 rings (SSSR count). The number of rotatable bonds is 3. The number of nitrogens with zero attached hydrogens (tertiary/aromatic N) is 1. The van der Waals surface area contributed by atoms with Crippen LogP contribution in [0.1, 0.15) is 5.76 Å². The molecular formula is C11H9NO2S2. The molecule has 1 aromatic rings. The number of carbonyl (C=O) groups excluding carboxylic acids is 1. The van der Waals surface area contributed by atoms with Gasteiger partial charge in [-0.25, -0.2) is 0 Å². The summed E-state index contributed by atoms with van der Waals surface area (Å²) in [7, 11) is 0. The van der Waals surface area contributed by atoms with Crippen LogP contribution in [0.5, 0.6) is 0 Å². The van der Waals surface area contributed by atoms with Crippen molar-refractivity contribution in [3.63, 3.8) is 0 Å². The van der Waals surface area contributed by atoms with E-state index in [4.69, 9.17) is 4.42 Å². The Bertz CT molecular complexity index is 460. The van der Waals surface area contributed by atoms with E-state index < -0.39 is 0 Å². The molecule has 0 radical (unpaired) electrons. The summed E-state index contributed by atoms with van der Waals surface area (Å²) >= 11 is 2.88. The van der Waals surface area contributed by atoms with Gasteiger partial charge in [0.2, 0.25) is 0 Å². The second kappa shape index (κ2) is 5.23. The smallest absolute Gasteiger partial charge is 0.285 e. The van der Waals surface area contributed by atoms with Crippen LogP contribution in [0.15, 0.2) is 45.4 Å². The Balaban J connectivity index is 2.06. The Hall–Kier alpha value is -1.20. The summed E-state index contributed by atoms with van der Waals surface area (Å²) in [4.78, 5) is 16.0. The van der Waals surface area contributed by atoms with Crippen LogP contribution in [0.3, 0.4) is 0 Å². The van der Waals surface area contributed by atoms with E-state index in [1.54, 1.807) is 30.5 Å². The van der Waals surface area contributed by atoms with Crippen LogP contribution in [0, 0.1) is 0 Å². The zero-order valence-corrected chi connectivity index (χ0v) is 10.0. The fourth-order valence-electron chi connectivity index (χ4n) is 1.08. The van der Waals surface area contributed by atoms with Gasteiger partial charge in [-0.15, -0.1) is 6.58 Å². The van der Waals surface area contributed by atoms with Gasteiger partial charge in [0.25, 0.3) is 5.91 Å². The second-order valence-corrected chi connectivity index (χ2v) is 5.21. The van der Waals surface area contributed by atoms with Crippen molar-refractivity contribution >= 4 is 39.9 Å². The van der Waals surface area contributed by atoms with Crippen molar-refractivity contribution in [2.24, 2.45) is 4.99 Å². The van der Waals surface area contributed by atoms with E-state index in [-0.39, 0.29) is 5.91 Å². The monoisotopic (exact) mass is 251 g/mol. The molecule has 0 aliphatic carbocycles. The first-order chi connectivity index (χ1) is 7.79. The maximum Gasteiger partial charge on any atom is 0.285 e. The molecule has 0 saturated carbocycles. The predicted octanol–water partition coefficient (Wildman–Crippen LogP) is 3.17. The van der Waals surface area contributed by atoms with Crippen molar-refractivity contribution in [3.8, 4) is 0 Å². The molecule has 0 bridgehead atoms. The van der Waals surface area contributed by atoms with Gasteiger partial charge < -0.3 is 4.42 Å². The van der Waals surface area contributed by atoms with E-state index in [0.717, 1.165) is 10.1 Å². The van der Waals surface area contributed by atoms with Crippen molar-refractivity contribution in [2.75, 3.05) is 5.75 Å². The van der Waals surface area contributed by atoms with E-state index in [2.05, 4.69) is 11.6 Å². The molecule has 3 nitrogen and oxygen atoms in total. The summed E-state index contributed by atoms with van der Waals surface area (Å²) < 4.78 is 5.91. The highest BCUT2D eigenvalue weighted by molar-refractivity contribution is 8.41. The number of aliphatic imine (C=N–C) groups is 1. The Morgan fingerprint density at radius 2 is 2.50 bits per heavy atom. The van der Waals surface area contributed by atoms with Crippen LogP contribution in [-0.4, -0.2) is 16.0 Å². The third kappa shape index (κ3) is 2.68. The Kier molecular flexibility index (Phi) is 3.69. The highest BCUT2D eigenvalue weighted by Gasteiger charge is 2.21. The average Bonchev–Trinajstić information content (AvgIpc) is 2.87. The third-order valence-corrected chi connectivity index (χ3v) is 3.86. The summed E-state index contributed by atoms with van der Waals surface area (Å²) in [5, 5.41) is 0. The molecule has 0 aromatic carbocycles. The second-order valence-electron chi connectivity index (χ2n) is 2.91. The maximum atomic E-state index is 11.5. The lowest BCUT2D eigenvalue weighted by Crippen LogP contribution is -1.86. The van der Waals surface area contributed by atoms with Crippen molar-refractivity contribution in [3.05, 3.63) is 41.7 Å². The van der Waals surface area contributed by atoms with Crippen LogP contribution in [0.2, 0.25) is 0 Å². The fourth-order valence-corrected chi connectivity index (χ4v) is 2.83. The van der Waals surface area contributed by atoms with Crippen molar-refractivity contribution < 1.29 is 9.21 Å². The van der Waals surface area contributed by atoms with E-state index in [1.807, 2.05) is 0 Å². The molecule has 1 amide bonds. The summed E-state index contributed by atoms with van der Waals surface area (Å²) in [6.45, 7) is 3.62. The summed E-state index contributed by atoms with van der Waals surface area (Å²) in [5.74, 6) is 1.22. The van der Waals surface area contributed by atoms with Gasteiger partial charge >= 0.3 is 0 Å². The van der Waals surface area contributed by atoms with Crippen LogP contribution >= 0.6 is 23.5 Å². The standard InChI is InChI=1S/C11H9NO2S2/c1-2-6-15-11-12-10(13)9(16-11)7-8-4-3-5-14-8/h2-5,7H,1,6H2/b9-7-. The number of hydrogen-bond acceptors (Lipinski definition) is 4. The van der Waals surface area contributed by atoms with Gasteiger partial charge in [-0.2, -0.15) is 4.99 Å². The molecule has 1 aliphatic rings. The van der Waals surface area contributed by atoms with Gasteiger partial charge in [0.05, 0.1) is 11.2 Å². The minimum atomic E-state index is -0.201. The molecule has 82 valence electrons. The minimum absolute atomic E-state index is 0.201. The maximum absolute atomic E-state index is 11.5. The summed E-state index contributed by atoms with van der Waals surface area (Å²) in [6.07, 6.45) is 5.06. The van der Waals surface area contributed by atoms with E-state index in [9.17, 15) is 4.79 Å². The highest BCUT2D eigenvalue weighted by atomic mass is 32.2. The molecule has 1 aliphatic heterocycles. The van der Waals surface area contributed by atoms with Gasteiger partial charge in [-0.3, -0.25) is 4.79 Å². The number of furan rings is 1. The number of hydrogen-bond donors (Lipinski definition) is 0. The van der Waals surface area contributed by atoms with Gasteiger partial charge in [0.15, 0.2) is 0 Å². The van der Waals surface area contributed by atoms with Gasteiger partial charge in [-0.05, 0) is 12.1 Å². The molecule has 0 saturated heterocycles. The normalized spacial score (nSPS) is 17.9. The molecule has 0 fully saturated rings. The lowest BCUT2D eigenvalue weighted by molar-refractivity contribution is -0.113. The molecule has 16 heavy (non-hydrogen) atoms. The van der Waals surface area contributed by atoms with E-state index in [0.29, 0.717) is 10.7 Å². The lowest BCUT2D eigenvalue weighted by Gasteiger charge is -1.93. The first-order valence-corrected chi connectivity index (χ1v) is 6.39. The number of amides is 1. The minimum Gasteiger partial charge on any atom is -0.465 e. The molecule has 1 aromatic heterocycles.